The Balaban J connectivity index is 1.84. The number of amides is 1. The number of aromatic nitrogens is 3. The number of carbonyl (C=O) groups is 1. The van der Waals surface area contributed by atoms with E-state index >= 15 is 0 Å². The minimum Gasteiger partial charge on any atom is -0.334 e. The molecular formula is C22H23N5O. The van der Waals surface area contributed by atoms with Gasteiger partial charge < -0.3 is 4.90 Å². The summed E-state index contributed by atoms with van der Waals surface area (Å²) in [6.07, 6.45) is 5.37. The standard InChI is InChI=1S/C22H23N5O/c1-16(2)13-27(15-17-12-25-26(3)14-17)22(28)19-8-6-18(7-9-19)21-20(11-23)5-4-10-24-21/h4-10,12,14,16H,13,15H2,1-3H3. The van der Waals surface area contributed by atoms with Gasteiger partial charge in [-0.2, -0.15) is 10.4 Å². The van der Waals surface area contributed by atoms with Crippen LogP contribution >= 0.6 is 0 Å². The van der Waals surface area contributed by atoms with Crippen molar-refractivity contribution in [3.8, 4) is 17.3 Å². The molecule has 0 unspecified atom stereocenters. The number of aryl methyl sites for hydroxylation is 1. The summed E-state index contributed by atoms with van der Waals surface area (Å²) in [6, 6.07) is 12.9. The summed E-state index contributed by atoms with van der Waals surface area (Å²) in [6.45, 7) is 5.37. The maximum Gasteiger partial charge on any atom is 0.254 e. The molecule has 0 N–H and O–H groups in total. The first-order chi connectivity index (χ1) is 13.5. The fraction of sp³-hybridized carbons (Fsp3) is 0.273. The Morgan fingerprint density at radius 2 is 2.00 bits per heavy atom. The third kappa shape index (κ3) is 4.44. The molecule has 1 amide bonds. The van der Waals surface area contributed by atoms with Crippen molar-refractivity contribution < 1.29 is 4.79 Å². The van der Waals surface area contributed by atoms with Gasteiger partial charge in [0.05, 0.1) is 17.5 Å². The van der Waals surface area contributed by atoms with Crippen molar-refractivity contribution in [3.63, 3.8) is 0 Å². The molecule has 0 aliphatic heterocycles. The quantitative estimate of drug-likeness (QED) is 0.661. The van der Waals surface area contributed by atoms with Crippen LogP contribution < -0.4 is 0 Å². The summed E-state index contributed by atoms with van der Waals surface area (Å²) >= 11 is 0. The molecular weight excluding hydrogens is 350 g/mol. The van der Waals surface area contributed by atoms with Gasteiger partial charge >= 0.3 is 0 Å². The number of carbonyl (C=O) groups excluding carboxylic acids is 1. The second-order valence-electron chi connectivity index (χ2n) is 7.19. The number of hydrogen-bond acceptors (Lipinski definition) is 4. The Hall–Kier alpha value is -3.46. The molecule has 0 atom stereocenters. The molecule has 6 heteroatoms. The number of nitrogens with zero attached hydrogens (tertiary/aromatic N) is 5. The van der Waals surface area contributed by atoms with Crippen LogP contribution in [0.2, 0.25) is 0 Å². The van der Waals surface area contributed by atoms with Crippen molar-refractivity contribution in [2.75, 3.05) is 6.54 Å². The van der Waals surface area contributed by atoms with Gasteiger partial charge in [-0.15, -0.1) is 0 Å². The van der Waals surface area contributed by atoms with E-state index in [1.54, 1.807) is 41.3 Å². The first kappa shape index (κ1) is 19.3. The highest BCUT2D eigenvalue weighted by Crippen LogP contribution is 2.22. The monoisotopic (exact) mass is 373 g/mol. The number of benzene rings is 1. The van der Waals surface area contributed by atoms with Crippen molar-refractivity contribution in [1.29, 1.82) is 5.26 Å². The first-order valence-electron chi connectivity index (χ1n) is 9.20. The van der Waals surface area contributed by atoms with Gasteiger partial charge in [0.2, 0.25) is 0 Å². The van der Waals surface area contributed by atoms with Crippen molar-refractivity contribution >= 4 is 5.91 Å². The first-order valence-corrected chi connectivity index (χ1v) is 9.20. The third-order valence-electron chi connectivity index (χ3n) is 4.34. The zero-order valence-corrected chi connectivity index (χ0v) is 16.3. The van der Waals surface area contributed by atoms with Crippen LogP contribution in [0.4, 0.5) is 0 Å². The summed E-state index contributed by atoms with van der Waals surface area (Å²) in [5, 5.41) is 13.5. The second-order valence-corrected chi connectivity index (χ2v) is 7.19. The fourth-order valence-electron chi connectivity index (χ4n) is 3.11. The van der Waals surface area contributed by atoms with Crippen LogP contribution in [0.3, 0.4) is 0 Å². The molecule has 0 aliphatic carbocycles. The maximum atomic E-state index is 13.1. The Morgan fingerprint density at radius 1 is 1.25 bits per heavy atom. The van der Waals surface area contributed by atoms with Gasteiger partial charge in [-0.3, -0.25) is 14.5 Å². The summed E-state index contributed by atoms with van der Waals surface area (Å²) in [5.41, 5.74) is 3.57. The van der Waals surface area contributed by atoms with E-state index in [1.165, 1.54) is 0 Å². The van der Waals surface area contributed by atoms with E-state index in [-0.39, 0.29) is 5.91 Å². The molecule has 0 saturated carbocycles. The van der Waals surface area contributed by atoms with Crippen LogP contribution in [0.25, 0.3) is 11.3 Å². The molecule has 0 bridgehead atoms. The summed E-state index contributed by atoms with van der Waals surface area (Å²) in [5.74, 6) is 0.331. The Morgan fingerprint density at radius 3 is 2.61 bits per heavy atom. The fourth-order valence-corrected chi connectivity index (χ4v) is 3.11. The zero-order chi connectivity index (χ0) is 20.1. The molecule has 0 spiro atoms. The van der Waals surface area contributed by atoms with Gasteiger partial charge in [-0.1, -0.05) is 26.0 Å². The van der Waals surface area contributed by atoms with Crippen LogP contribution in [0.1, 0.15) is 35.3 Å². The maximum absolute atomic E-state index is 13.1. The minimum absolute atomic E-state index is 0.0226. The molecule has 0 radical (unpaired) electrons. The minimum atomic E-state index is -0.0226. The van der Waals surface area contributed by atoms with Gasteiger partial charge in [-0.05, 0) is 30.2 Å². The molecule has 28 heavy (non-hydrogen) atoms. The largest absolute Gasteiger partial charge is 0.334 e. The van der Waals surface area contributed by atoms with Crippen LogP contribution in [0.5, 0.6) is 0 Å². The molecule has 2 heterocycles. The number of rotatable bonds is 6. The Bertz CT molecular complexity index is 998. The van der Waals surface area contributed by atoms with Crippen molar-refractivity contribution in [2.24, 2.45) is 13.0 Å². The number of hydrogen-bond donors (Lipinski definition) is 0. The lowest BCUT2D eigenvalue weighted by Crippen LogP contribution is -2.33. The van der Waals surface area contributed by atoms with Crippen LogP contribution in [-0.2, 0) is 13.6 Å². The van der Waals surface area contributed by atoms with Gasteiger partial charge in [0, 0.05) is 49.2 Å². The lowest BCUT2D eigenvalue weighted by atomic mass is 10.0. The topological polar surface area (TPSA) is 74.8 Å². The molecule has 0 aliphatic rings. The smallest absolute Gasteiger partial charge is 0.254 e. The molecule has 0 fully saturated rings. The predicted octanol–water partition coefficient (Wildman–Crippen LogP) is 3.65. The number of nitriles is 1. The van der Waals surface area contributed by atoms with E-state index in [2.05, 4.69) is 30.0 Å². The zero-order valence-electron chi connectivity index (χ0n) is 16.3. The average Bonchev–Trinajstić information content (AvgIpc) is 3.11. The number of pyridine rings is 1. The SMILES string of the molecule is CC(C)CN(Cc1cnn(C)c1)C(=O)c1ccc(-c2ncccc2C#N)cc1. The van der Waals surface area contributed by atoms with Gasteiger partial charge in [-0.25, -0.2) is 0 Å². The van der Waals surface area contributed by atoms with E-state index in [0.29, 0.717) is 35.8 Å². The highest BCUT2D eigenvalue weighted by Gasteiger charge is 2.18. The van der Waals surface area contributed by atoms with E-state index in [9.17, 15) is 10.1 Å². The molecule has 3 aromatic rings. The van der Waals surface area contributed by atoms with Gasteiger partial charge in [0.15, 0.2) is 0 Å². The third-order valence-corrected chi connectivity index (χ3v) is 4.34. The molecule has 3 rings (SSSR count). The van der Waals surface area contributed by atoms with Crippen LogP contribution in [0, 0.1) is 17.2 Å². The van der Waals surface area contributed by atoms with E-state index in [4.69, 9.17) is 0 Å². The highest BCUT2D eigenvalue weighted by molar-refractivity contribution is 5.94. The Kier molecular flexibility index (Phi) is 5.85. The lowest BCUT2D eigenvalue weighted by molar-refractivity contribution is 0.0722. The van der Waals surface area contributed by atoms with E-state index in [0.717, 1.165) is 11.1 Å². The van der Waals surface area contributed by atoms with Crippen LogP contribution in [-0.4, -0.2) is 32.1 Å². The predicted molar refractivity (Wildman–Crippen MR) is 107 cm³/mol. The van der Waals surface area contributed by atoms with Crippen molar-refractivity contribution in [2.45, 2.75) is 20.4 Å². The van der Waals surface area contributed by atoms with Crippen molar-refractivity contribution in [1.82, 2.24) is 19.7 Å². The molecule has 142 valence electrons. The molecule has 6 nitrogen and oxygen atoms in total. The second kappa shape index (κ2) is 8.49. The normalized spacial score (nSPS) is 10.7. The lowest BCUT2D eigenvalue weighted by Gasteiger charge is -2.24. The van der Waals surface area contributed by atoms with Crippen LogP contribution in [0.15, 0.2) is 55.0 Å². The van der Waals surface area contributed by atoms with Gasteiger partial charge in [0.1, 0.15) is 6.07 Å². The Labute approximate surface area is 165 Å². The van der Waals surface area contributed by atoms with E-state index in [1.807, 2.05) is 30.3 Å². The molecule has 0 saturated heterocycles. The van der Waals surface area contributed by atoms with E-state index < -0.39 is 0 Å². The summed E-state index contributed by atoms with van der Waals surface area (Å²) < 4.78 is 1.74. The summed E-state index contributed by atoms with van der Waals surface area (Å²) in [7, 11) is 1.87. The van der Waals surface area contributed by atoms with Gasteiger partial charge in [0.25, 0.3) is 5.91 Å². The molecule has 2 aromatic heterocycles. The summed E-state index contributed by atoms with van der Waals surface area (Å²) in [4.78, 5) is 19.2. The van der Waals surface area contributed by atoms with Crippen molar-refractivity contribution in [3.05, 3.63) is 71.7 Å². The highest BCUT2D eigenvalue weighted by atomic mass is 16.2. The molecule has 1 aromatic carbocycles. The average molecular weight is 373 g/mol.